The van der Waals surface area contributed by atoms with Crippen LogP contribution in [0.4, 0.5) is 13.2 Å². The van der Waals surface area contributed by atoms with Crippen molar-refractivity contribution in [2.75, 3.05) is 26.7 Å². The molecule has 0 aliphatic carbocycles. The van der Waals surface area contributed by atoms with E-state index in [-0.39, 0.29) is 36.3 Å². The first-order chi connectivity index (χ1) is 11.3. The van der Waals surface area contributed by atoms with Crippen LogP contribution >= 0.6 is 24.0 Å². The van der Waals surface area contributed by atoms with Crippen molar-refractivity contribution in [3.8, 4) is 5.75 Å². The number of nitrogens with two attached hydrogens (primary N) is 1. The monoisotopic (exact) mass is 474 g/mol. The minimum atomic E-state index is -4.68. The summed E-state index contributed by atoms with van der Waals surface area (Å²) in [5, 5.41) is 3.02. The second kappa shape index (κ2) is 12.2. The smallest absolute Gasteiger partial charge is 0.406 e. The zero-order valence-electron chi connectivity index (χ0n) is 14.5. The molecule has 0 aromatic heterocycles. The standard InChI is InChI=1S/C16H25F3N4O.HI/c1-3-4-10-23(2)11-9-21-15(20)22-12-13-5-7-14(8-6-13)24-16(17,18)19;/h5-8H,3-4,9-12H2,1-2H3,(H3,20,21,22);1H. The SMILES string of the molecule is CCCCN(C)CCNC(N)=NCc1ccc(OC(F)(F)F)cc1.I. The normalized spacial score (nSPS) is 12.0. The molecule has 5 nitrogen and oxygen atoms in total. The molecule has 0 fully saturated rings. The van der Waals surface area contributed by atoms with Gasteiger partial charge in [0.2, 0.25) is 0 Å². The summed E-state index contributed by atoms with van der Waals surface area (Å²) in [7, 11) is 2.05. The van der Waals surface area contributed by atoms with Crippen molar-refractivity contribution in [1.82, 2.24) is 10.2 Å². The molecule has 144 valence electrons. The number of nitrogens with one attached hydrogen (secondary N) is 1. The average molecular weight is 474 g/mol. The van der Waals surface area contributed by atoms with E-state index in [2.05, 4.69) is 33.9 Å². The molecular formula is C16H26F3IN4O. The zero-order valence-corrected chi connectivity index (χ0v) is 16.8. The van der Waals surface area contributed by atoms with E-state index < -0.39 is 6.36 Å². The number of unbranched alkanes of at least 4 members (excludes halogenated alkanes) is 1. The Morgan fingerprint density at radius 2 is 1.88 bits per heavy atom. The van der Waals surface area contributed by atoms with Crippen LogP contribution in [0.25, 0.3) is 0 Å². The maximum absolute atomic E-state index is 12.1. The lowest BCUT2D eigenvalue weighted by Crippen LogP contribution is -2.37. The largest absolute Gasteiger partial charge is 0.573 e. The van der Waals surface area contributed by atoms with Gasteiger partial charge in [0.15, 0.2) is 5.96 Å². The summed E-state index contributed by atoms with van der Waals surface area (Å²) in [6, 6.07) is 5.56. The quantitative estimate of drug-likeness (QED) is 0.328. The first kappa shape index (κ1) is 23.8. The molecule has 0 saturated heterocycles. The highest BCUT2D eigenvalue weighted by Gasteiger charge is 2.30. The highest BCUT2D eigenvalue weighted by Crippen LogP contribution is 2.22. The molecule has 1 rings (SSSR count). The predicted octanol–water partition coefficient (Wildman–Crippen LogP) is 3.34. The van der Waals surface area contributed by atoms with Crippen molar-refractivity contribution in [1.29, 1.82) is 0 Å². The van der Waals surface area contributed by atoms with Crippen molar-refractivity contribution < 1.29 is 17.9 Å². The summed E-state index contributed by atoms with van der Waals surface area (Å²) in [6.07, 6.45) is -2.36. The molecule has 25 heavy (non-hydrogen) atoms. The van der Waals surface area contributed by atoms with Crippen molar-refractivity contribution >= 4 is 29.9 Å². The first-order valence-electron chi connectivity index (χ1n) is 7.87. The van der Waals surface area contributed by atoms with Crippen molar-refractivity contribution in [3.05, 3.63) is 29.8 Å². The Bertz CT molecular complexity index is 509. The number of guanidine groups is 1. The fourth-order valence-electron chi connectivity index (χ4n) is 1.94. The van der Waals surface area contributed by atoms with Gasteiger partial charge in [-0.05, 0) is 37.7 Å². The number of alkyl halides is 3. The number of hydrogen-bond acceptors (Lipinski definition) is 3. The molecule has 0 amide bonds. The number of benzene rings is 1. The molecule has 0 unspecified atom stereocenters. The molecule has 0 spiro atoms. The highest BCUT2D eigenvalue weighted by atomic mass is 127. The van der Waals surface area contributed by atoms with Gasteiger partial charge in [-0.25, -0.2) is 4.99 Å². The molecule has 0 aliphatic heterocycles. The zero-order chi connectivity index (χ0) is 18.0. The maximum atomic E-state index is 12.1. The van der Waals surface area contributed by atoms with E-state index in [9.17, 15) is 13.2 Å². The Balaban J connectivity index is 0.00000576. The molecule has 0 aliphatic rings. The molecule has 0 bridgehead atoms. The van der Waals surface area contributed by atoms with Crippen molar-refractivity contribution in [3.63, 3.8) is 0 Å². The third-order valence-corrected chi connectivity index (χ3v) is 3.28. The van der Waals surface area contributed by atoms with Crippen molar-refractivity contribution in [2.24, 2.45) is 10.7 Å². The molecule has 0 saturated carbocycles. The van der Waals surface area contributed by atoms with Gasteiger partial charge in [0, 0.05) is 13.1 Å². The number of halogens is 4. The summed E-state index contributed by atoms with van der Waals surface area (Å²) in [5.41, 5.74) is 6.51. The van der Waals surface area contributed by atoms with Crippen LogP contribution in [-0.2, 0) is 6.54 Å². The Morgan fingerprint density at radius 3 is 2.44 bits per heavy atom. The predicted molar refractivity (Wildman–Crippen MR) is 104 cm³/mol. The van der Waals surface area contributed by atoms with Crippen LogP contribution in [0.15, 0.2) is 29.3 Å². The van der Waals surface area contributed by atoms with Gasteiger partial charge in [-0.1, -0.05) is 25.5 Å². The average Bonchev–Trinajstić information content (AvgIpc) is 2.51. The fourth-order valence-corrected chi connectivity index (χ4v) is 1.94. The van der Waals surface area contributed by atoms with E-state index in [1.54, 1.807) is 0 Å². The minimum Gasteiger partial charge on any atom is -0.406 e. The summed E-state index contributed by atoms with van der Waals surface area (Å²) in [5.74, 6) is 0.0611. The van der Waals surface area contributed by atoms with E-state index in [1.807, 2.05) is 0 Å². The van der Waals surface area contributed by atoms with E-state index in [1.165, 1.54) is 24.3 Å². The van der Waals surface area contributed by atoms with Crippen LogP contribution < -0.4 is 15.8 Å². The maximum Gasteiger partial charge on any atom is 0.573 e. The van der Waals surface area contributed by atoms with Crippen LogP contribution in [0.2, 0.25) is 0 Å². The first-order valence-corrected chi connectivity index (χ1v) is 7.87. The van der Waals surface area contributed by atoms with E-state index in [4.69, 9.17) is 5.73 Å². The van der Waals surface area contributed by atoms with Gasteiger partial charge in [0.1, 0.15) is 5.75 Å². The molecular weight excluding hydrogens is 448 g/mol. The lowest BCUT2D eigenvalue weighted by Gasteiger charge is -2.16. The van der Waals surface area contributed by atoms with Crippen molar-refractivity contribution in [2.45, 2.75) is 32.7 Å². The number of nitrogens with zero attached hydrogens (tertiary/aromatic N) is 2. The summed E-state index contributed by atoms with van der Waals surface area (Å²) in [4.78, 5) is 6.37. The molecule has 0 radical (unpaired) electrons. The lowest BCUT2D eigenvalue weighted by molar-refractivity contribution is -0.274. The Hall–Kier alpha value is -1.23. The topological polar surface area (TPSA) is 62.9 Å². The third-order valence-electron chi connectivity index (χ3n) is 3.28. The number of likely N-dealkylation sites (N-methyl/N-ethyl adjacent to an activating group) is 1. The highest BCUT2D eigenvalue weighted by molar-refractivity contribution is 14.0. The second-order valence-corrected chi connectivity index (χ2v) is 5.48. The summed E-state index contributed by atoms with van der Waals surface area (Å²) >= 11 is 0. The molecule has 3 N–H and O–H groups in total. The third kappa shape index (κ3) is 11.9. The van der Waals surface area contributed by atoms with Gasteiger partial charge in [0.25, 0.3) is 0 Å². The number of ether oxygens (including phenoxy) is 1. The van der Waals surface area contributed by atoms with Crippen LogP contribution in [0, 0.1) is 0 Å². The van der Waals surface area contributed by atoms with Crippen LogP contribution in [0.3, 0.4) is 0 Å². The summed E-state index contributed by atoms with van der Waals surface area (Å²) < 4.78 is 40.0. The van der Waals surface area contributed by atoms with E-state index in [0.717, 1.165) is 31.5 Å². The fraction of sp³-hybridized carbons (Fsp3) is 0.562. The molecule has 1 aromatic carbocycles. The molecule has 0 heterocycles. The Labute approximate surface area is 163 Å². The molecule has 9 heteroatoms. The van der Waals surface area contributed by atoms with Gasteiger partial charge in [-0.3, -0.25) is 0 Å². The lowest BCUT2D eigenvalue weighted by atomic mass is 10.2. The van der Waals surface area contributed by atoms with Gasteiger partial charge in [-0.15, -0.1) is 37.1 Å². The van der Waals surface area contributed by atoms with Crippen LogP contribution in [-0.4, -0.2) is 43.9 Å². The van der Waals surface area contributed by atoms with E-state index >= 15 is 0 Å². The Morgan fingerprint density at radius 1 is 1.24 bits per heavy atom. The van der Waals surface area contributed by atoms with Crippen LogP contribution in [0.5, 0.6) is 5.75 Å². The molecule has 0 atom stereocenters. The number of rotatable bonds is 9. The van der Waals surface area contributed by atoms with Gasteiger partial charge >= 0.3 is 6.36 Å². The van der Waals surface area contributed by atoms with Crippen LogP contribution in [0.1, 0.15) is 25.3 Å². The Kier molecular flexibility index (Phi) is 11.6. The summed E-state index contributed by atoms with van der Waals surface area (Å²) in [6.45, 7) is 5.03. The minimum absolute atomic E-state index is 0. The van der Waals surface area contributed by atoms with Gasteiger partial charge in [0.05, 0.1) is 6.54 Å². The van der Waals surface area contributed by atoms with Gasteiger partial charge in [-0.2, -0.15) is 0 Å². The van der Waals surface area contributed by atoms with E-state index in [0.29, 0.717) is 12.5 Å². The number of aliphatic imine (C=N–C) groups is 1. The second-order valence-electron chi connectivity index (χ2n) is 5.48. The van der Waals surface area contributed by atoms with Gasteiger partial charge < -0.3 is 20.7 Å². The number of hydrogen-bond donors (Lipinski definition) is 2. The molecule has 1 aromatic rings.